The van der Waals surface area contributed by atoms with Crippen molar-refractivity contribution in [2.24, 2.45) is 0 Å². The van der Waals surface area contributed by atoms with Crippen LogP contribution in [0.4, 0.5) is 26.7 Å². The van der Waals surface area contributed by atoms with Gasteiger partial charge >= 0.3 is 12.1 Å². The van der Waals surface area contributed by atoms with Crippen LogP contribution in [-0.2, 0) is 14.9 Å². The standard InChI is InChI=1S/C36H41N5O6/c1-36(2,3)24-21-30(33(44-4)31(22-24)40-35(43)45-5)39-34(42)38-29-12-13-32(28-11-7-6-10-27(28)29)47-26-14-15-37-25(23-26)9-8-16-41-17-19-46-20-18-41/h6-15,21-23H,16-20H2,1-5H3,(H,40,43)(H2,38,39,42). The van der Waals surface area contributed by atoms with E-state index in [0.717, 1.165) is 54.9 Å². The Bertz CT molecular complexity index is 1760. The third kappa shape index (κ3) is 8.57. The van der Waals surface area contributed by atoms with Crippen molar-refractivity contribution >= 4 is 46.0 Å². The van der Waals surface area contributed by atoms with Crippen LogP contribution in [0.2, 0.25) is 0 Å². The topological polar surface area (TPSA) is 123 Å². The SMILES string of the molecule is COC(=O)Nc1cc(C(C)(C)C)cc(NC(=O)Nc2ccc(Oc3ccnc(C=CCN4CCOCC4)c3)c3ccccc23)c1OC. The van der Waals surface area contributed by atoms with Crippen molar-refractivity contribution < 1.29 is 28.5 Å². The zero-order valence-corrected chi connectivity index (χ0v) is 27.4. The number of rotatable bonds is 9. The Kier molecular flexibility index (Phi) is 10.6. The Morgan fingerprint density at radius 1 is 0.915 bits per heavy atom. The average molecular weight is 640 g/mol. The summed E-state index contributed by atoms with van der Waals surface area (Å²) in [6.45, 7) is 10.3. The molecule has 4 aromatic rings. The number of carbonyl (C=O) groups excluding carboxylic acids is 2. The third-order valence-electron chi connectivity index (χ3n) is 7.70. The van der Waals surface area contributed by atoms with E-state index in [1.165, 1.54) is 14.2 Å². The lowest BCUT2D eigenvalue weighted by Crippen LogP contribution is -2.36. The summed E-state index contributed by atoms with van der Waals surface area (Å²) in [5, 5.41) is 10.2. The number of methoxy groups -OCH3 is 2. The quantitative estimate of drug-likeness (QED) is 0.172. The van der Waals surface area contributed by atoms with Gasteiger partial charge in [-0.2, -0.15) is 0 Å². The smallest absolute Gasteiger partial charge is 0.411 e. The van der Waals surface area contributed by atoms with E-state index >= 15 is 0 Å². The lowest BCUT2D eigenvalue weighted by atomic mass is 9.86. The monoisotopic (exact) mass is 639 g/mol. The highest BCUT2D eigenvalue weighted by Crippen LogP contribution is 2.39. The predicted octanol–water partition coefficient (Wildman–Crippen LogP) is 7.50. The van der Waals surface area contributed by atoms with Gasteiger partial charge in [-0.1, -0.05) is 51.1 Å². The minimum atomic E-state index is -0.651. The highest BCUT2D eigenvalue weighted by molar-refractivity contribution is 6.08. The number of urea groups is 1. The van der Waals surface area contributed by atoms with Crippen LogP contribution < -0.4 is 25.4 Å². The highest BCUT2D eigenvalue weighted by Gasteiger charge is 2.22. The summed E-state index contributed by atoms with van der Waals surface area (Å²) in [7, 11) is 2.75. The fourth-order valence-electron chi connectivity index (χ4n) is 5.19. The Balaban J connectivity index is 1.34. The van der Waals surface area contributed by atoms with E-state index in [-0.39, 0.29) is 5.41 Å². The summed E-state index contributed by atoms with van der Waals surface area (Å²) < 4.78 is 22.1. The van der Waals surface area contributed by atoms with Crippen molar-refractivity contribution in [1.29, 1.82) is 0 Å². The van der Waals surface area contributed by atoms with Crippen molar-refractivity contribution in [1.82, 2.24) is 9.88 Å². The molecule has 0 radical (unpaired) electrons. The van der Waals surface area contributed by atoms with Crippen molar-refractivity contribution in [3.63, 3.8) is 0 Å². The van der Waals surface area contributed by atoms with Crippen LogP contribution in [-0.4, -0.2) is 69.1 Å². The average Bonchev–Trinajstić information content (AvgIpc) is 3.06. The Morgan fingerprint density at radius 2 is 1.62 bits per heavy atom. The van der Waals surface area contributed by atoms with E-state index in [9.17, 15) is 9.59 Å². The first kappa shape index (κ1) is 33.2. The Morgan fingerprint density at radius 3 is 2.32 bits per heavy atom. The molecule has 0 unspecified atom stereocenters. The number of hydrogen-bond donors (Lipinski definition) is 3. The second kappa shape index (κ2) is 15.0. The molecule has 11 heteroatoms. The van der Waals surface area contributed by atoms with E-state index < -0.39 is 12.1 Å². The summed E-state index contributed by atoms with van der Waals surface area (Å²) in [4.78, 5) is 32.3. The van der Waals surface area contributed by atoms with Gasteiger partial charge in [0, 0.05) is 42.7 Å². The summed E-state index contributed by atoms with van der Waals surface area (Å²) in [5.74, 6) is 1.58. The molecular weight excluding hydrogens is 598 g/mol. The minimum Gasteiger partial charge on any atom is -0.492 e. The summed E-state index contributed by atoms with van der Waals surface area (Å²) in [6, 6.07) is 18.2. The number of hydrogen-bond acceptors (Lipinski definition) is 8. The molecule has 5 rings (SSSR count). The lowest BCUT2D eigenvalue weighted by molar-refractivity contribution is 0.0435. The van der Waals surface area contributed by atoms with Crippen molar-refractivity contribution in [3.05, 3.63) is 84.2 Å². The van der Waals surface area contributed by atoms with Crippen molar-refractivity contribution in [2.75, 3.05) is 63.0 Å². The van der Waals surface area contributed by atoms with E-state index in [1.54, 1.807) is 18.3 Å². The molecule has 0 spiro atoms. The number of pyridine rings is 1. The maximum Gasteiger partial charge on any atom is 0.411 e. The van der Waals surface area contributed by atoms with Gasteiger partial charge in [0.2, 0.25) is 0 Å². The van der Waals surface area contributed by atoms with Crippen LogP contribution in [0.15, 0.2) is 72.9 Å². The van der Waals surface area contributed by atoms with Crippen LogP contribution in [0.3, 0.4) is 0 Å². The molecule has 1 aliphatic rings. The van der Waals surface area contributed by atoms with Gasteiger partial charge in [-0.15, -0.1) is 0 Å². The second-order valence-electron chi connectivity index (χ2n) is 12.0. The predicted molar refractivity (Wildman–Crippen MR) is 185 cm³/mol. The summed E-state index contributed by atoms with van der Waals surface area (Å²) in [6.07, 6.45) is 5.17. The molecule has 1 saturated heterocycles. The molecule has 1 aromatic heterocycles. The number of amides is 3. The Labute approximate surface area is 274 Å². The highest BCUT2D eigenvalue weighted by atomic mass is 16.5. The van der Waals surface area contributed by atoms with Crippen LogP contribution in [0.5, 0.6) is 17.2 Å². The van der Waals surface area contributed by atoms with Crippen LogP contribution in [0.25, 0.3) is 16.8 Å². The number of carbonyl (C=O) groups is 2. The number of aromatic nitrogens is 1. The number of benzene rings is 3. The molecule has 11 nitrogen and oxygen atoms in total. The molecule has 246 valence electrons. The Hall–Kier alpha value is -5.13. The summed E-state index contributed by atoms with van der Waals surface area (Å²) in [5.41, 5.74) is 2.74. The fraction of sp³-hybridized carbons (Fsp3) is 0.306. The lowest BCUT2D eigenvalue weighted by Gasteiger charge is -2.25. The second-order valence-corrected chi connectivity index (χ2v) is 12.0. The number of ether oxygens (including phenoxy) is 4. The van der Waals surface area contributed by atoms with Crippen molar-refractivity contribution in [2.45, 2.75) is 26.2 Å². The zero-order valence-electron chi connectivity index (χ0n) is 27.4. The molecule has 47 heavy (non-hydrogen) atoms. The minimum absolute atomic E-state index is 0.285. The van der Waals surface area contributed by atoms with Crippen LogP contribution in [0.1, 0.15) is 32.0 Å². The summed E-state index contributed by atoms with van der Waals surface area (Å²) >= 11 is 0. The molecule has 3 amide bonds. The van der Waals surface area contributed by atoms with E-state index in [4.69, 9.17) is 18.9 Å². The largest absolute Gasteiger partial charge is 0.492 e. The maximum absolute atomic E-state index is 13.4. The van der Waals surface area contributed by atoms with Gasteiger partial charge < -0.3 is 29.6 Å². The van der Waals surface area contributed by atoms with Gasteiger partial charge in [0.1, 0.15) is 11.5 Å². The molecule has 3 N–H and O–H groups in total. The van der Waals surface area contributed by atoms with Gasteiger partial charge in [0.05, 0.1) is 50.2 Å². The van der Waals surface area contributed by atoms with Gasteiger partial charge in [-0.25, -0.2) is 9.59 Å². The maximum atomic E-state index is 13.4. The van der Waals surface area contributed by atoms with Crippen molar-refractivity contribution in [3.8, 4) is 17.2 Å². The molecular formula is C36H41N5O6. The van der Waals surface area contributed by atoms with Gasteiger partial charge in [0.15, 0.2) is 5.75 Å². The van der Waals surface area contributed by atoms with Gasteiger partial charge in [-0.05, 0) is 47.4 Å². The molecule has 0 bridgehead atoms. The van der Waals surface area contributed by atoms with E-state index in [0.29, 0.717) is 34.3 Å². The molecule has 0 aliphatic carbocycles. The third-order valence-corrected chi connectivity index (χ3v) is 7.70. The fourth-order valence-corrected chi connectivity index (χ4v) is 5.19. The van der Waals surface area contributed by atoms with Gasteiger partial charge in [-0.3, -0.25) is 15.2 Å². The normalized spacial score (nSPS) is 13.7. The molecule has 0 atom stereocenters. The van der Waals surface area contributed by atoms with E-state index in [1.807, 2.05) is 75.4 Å². The first-order chi connectivity index (χ1) is 22.6. The first-order valence-electron chi connectivity index (χ1n) is 15.4. The first-order valence-corrected chi connectivity index (χ1v) is 15.4. The molecule has 3 aromatic carbocycles. The molecule has 2 heterocycles. The van der Waals surface area contributed by atoms with Crippen LogP contribution in [0, 0.1) is 0 Å². The number of morpholine rings is 1. The molecule has 0 saturated carbocycles. The number of nitrogens with zero attached hydrogens (tertiary/aromatic N) is 2. The van der Waals surface area contributed by atoms with E-state index in [2.05, 4.69) is 31.9 Å². The number of anilines is 3. The van der Waals surface area contributed by atoms with Crippen LogP contribution >= 0.6 is 0 Å². The number of nitrogens with one attached hydrogen (secondary N) is 3. The molecule has 1 fully saturated rings. The van der Waals surface area contributed by atoms with Gasteiger partial charge in [0.25, 0.3) is 0 Å². The zero-order chi connectivity index (χ0) is 33.4. The number of fused-ring (bicyclic) bond motifs is 1. The molecule has 1 aliphatic heterocycles.